The summed E-state index contributed by atoms with van der Waals surface area (Å²) in [6, 6.07) is 3.26. The van der Waals surface area contributed by atoms with Crippen molar-refractivity contribution in [2.75, 3.05) is 0 Å². The molecule has 7 heteroatoms. The third-order valence-electron chi connectivity index (χ3n) is 2.22. The molecule has 2 aromatic rings. The van der Waals surface area contributed by atoms with Crippen LogP contribution >= 0.6 is 15.9 Å². The summed E-state index contributed by atoms with van der Waals surface area (Å²) in [7, 11) is 0. The fourth-order valence-corrected chi connectivity index (χ4v) is 1.88. The van der Waals surface area contributed by atoms with E-state index in [4.69, 9.17) is 0 Å². The first-order chi connectivity index (χ1) is 7.99. The minimum Gasteiger partial charge on any atom is -0.258 e. The van der Waals surface area contributed by atoms with Crippen molar-refractivity contribution in [2.45, 2.75) is 13.8 Å². The molecule has 0 amide bonds. The summed E-state index contributed by atoms with van der Waals surface area (Å²) in [5, 5.41) is 15.2. The highest BCUT2D eigenvalue weighted by Crippen LogP contribution is 2.25. The second-order valence-electron chi connectivity index (χ2n) is 3.59. The van der Waals surface area contributed by atoms with Gasteiger partial charge in [-0.25, -0.2) is 9.67 Å². The van der Waals surface area contributed by atoms with Gasteiger partial charge in [0.2, 0.25) is 5.82 Å². The van der Waals surface area contributed by atoms with Crippen molar-refractivity contribution in [2.24, 2.45) is 0 Å². The van der Waals surface area contributed by atoms with Crippen molar-refractivity contribution in [3.63, 3.8) is 0 Å². The predicted molar refractivity (Wildman–Crippen MR) is 65.2 cm³/mol. The van der Waals surface area contributed by atoms with Gasteiger partial charge in [0.1, 0.15) is 0 Å². The lowest BCUT2D eigenvalue weighted by Gasteiger charge is -2.04. The van der Waals surface area contributed by atoms with Crippen molar-refractivity contribution in [1.82, 2.24) is 14.8 Å². The van der Waals surface area contributed by atoms with Gasteiger partial charge in [0.15, 0.2) is 0 Å². The van der Waals surface area contributed by atoms with E-state index in [2.05, 4.69) is 26.0 Å². The van der Waals surface area contributed by atoms with Crippen LogP contribution in [0.25, 0.3) is 5.82 Å². The quantitative estimate of drug-likeness (QED) is 0.630. The zero-order valence-corrected chi connectivity index (χ0v) is 10.8. The summed E-state index contributed by atoms with van der Waals surface area (Å²) >= 11 is 3.16. The number of rotatable bonds is 2. The molecule has 0 spiro atoms. The largest absolute Gasteiger partial charge is 0.314 e. The van der Waals surface area contributed by atoms with Gasteiger partial charge in [-0.15, -0.1) is 0 Å². The molecule has 17 heavy (non-hydrogen) atoms. The molecule has 88 valence electrons. The van der Waals surface area contributed by atoms with Gasteiger partial charge in [-0.1, -0.05) is 0 Å². The lowest BCUT2D eigenvalue weighted by molar-refractivity contribution is -0.385. The minimum absolute atomic E-state index is 0.0782. The minimum atomic E-state index is -0.469. The first-order valence-electron chi connectivity index (χ1n) is 4.82. The number of nitrogens with zero attached hydrogens (tertiary/aromatic N) is 4. The summed E-state index contributed by atoms with van der Waals surface area (Å²) in [6.07, 6.45) is 1.51. The van der Waals surface area contributed by atoms with Crippen molar-refractivity contribution in [1.29, 1.82) is 0 Å². The molecule has 0 radical (unpaired) electrons. The lowest BCUT2D eigenvalue weighted by Crippen LogP contribution is -2.06. The Bertz CT molecular complexity index is 594. The molecule has 0 aliphatic rings. The smallest absolute Gasteiger partial charge is 0.258 e. The van der Waals surface area contributed by atoms with E-state index in [-0.39, 0.29) is 11.5 Å². The predicted octanol–water partition coefficient (Wildman–Crippen LogP) is 2.55. The second kappa shape index (κ2) is 4.25. The van der Waals surface area contributed by atoms with E-state index in [1.54, 1.807) is 0 Å². The van der Waals surface area contributed by atoms with Crippen LogP contribution in [-0.4, -0.2) is 19.7 Å². The van der Waals surface area contributed by atoms with E-state index in [0.29, 0.717) is 4.47 Å². The summed E-state index contributed by atoms with van der Waals surface area (Å²) in [5.41, 5.74) is 1.52. The standard InChI is InChI=1S/C10H9BrN4O2/c1-6-3-7(2)14(13-6)10-9(15(16)17)4-8(11)5-12-10/h3-5H,1-2H3. The van der Waals surface area contributed by atoms with E-state index in [1.165, 1.54) is 16.9 Å². The Morgan fingerprint density at radius 2 is 2.12 bits per heavy atom. The average molecular weight is 297 g/mol. The fourth-order valence-electron chi connectivity index (χ4n) is 1.56. The maximum absolute atomic E-state index is 11.0. The van der Waals surface area contributed by atoms with Crippen molar-refractivity contribution in [3.8, 4) is 5.82 Å². The van der Waals surface area contributed by atoms with Crippen LogP contribution in [0.5, 0.6) is 0 Å². The molecule has 6 nitrogen and oxygen atoms in total. The van der Waals surface area contributed by atoms with Gasteiger partial charge in [-0.2, -0.15) is 5.10 Å². The first-order valence-corrected chi connectivity index (χ1v) is 5.62. The number of halogens is 1. The van der Waals surface area contributed by atoms with Crippen LogP contribution in [-0.2, 0) is 0 Å². The highest BCUT2D eigenvalue weighted by atomic mass is 79.9. The van der Waals surface area contributed by atoms with Gasteiger partial charge in [-0.05, 0) is 35.8 Å². The van der Waals surface area contributed by atoms with Crippen molar-refractivity contribution in [3.05, 3.63) is 44.3 Å². The molecule has 2 rings (SSSR count). The van der Waals surface area contributed by atoms with Gasteiger partial charge < -0.3 is 0 Å². The van der Waals surface area contributed by atoms with E-state index in [0.717, 1.165) is 11.4 Å². The summed E-state index contributed by atoms with van der Waals surface area (Å²) in [5.74, 6) is 0.226. The molecule has 0 fully saturated rings. The van der Waals surface area contributed by atoms with Crippen LogP contribution in [0.3, 0.4) is 0 Å². The zero-order valence-electron chi connectivity index (χ0n) is 9.22. The molecule has 0 atom stereocenters. The van der Waals surface area contributed by atoms with Crippen LogP contribution in [0, 0.1) is 24.0 Å². The molecule has 0 saturated heterocycles. The normalized spacial score (nSPS) is 10.5. The molecule has 2 heterocycles. The van der Waals surface area contributed by atoms with Gasteiger partial charge in [0, 0.05) is 22.4 Å². The molecule has 0 aliphatic heterocycles. The second-order valence-corrected chi connectivity index (χ2v) is 4.51. The number of aromatic nitrogens is 3. The Labute approximate surface area is 106 Å². The molecule has 0 unspecified atom stereocenters. The number of hydrogen-bond acceptors (Lipinski definition) is 4. The third-order valence-corrected chi connectivity index (χ3v) is 2.65. The van der Waals surface area contributed by atoms with Crippen LogP contribution in [0.1, 0.15) is 11.4 Å². The third kappa shape index (κ3) is 2.19. The maximum Gasteiger partial charge on any atom is 0.314 e. The number of pyridine rings is 1. The average Bonchev–Trinajstić information content (AvgIpc) is 2.57. The topological polar surface area (TPSA) is 73.8 Å². The Morgan fingerprint density at radius 3 is 2.65 bits per heavy atom. The molecular formula is C10H9BrN4O2. The van der Waals surface area contributed by atoms with Gasteiger partial charge in [0.05, 0.1) is 10.6 Å². The highest BCUT2D eigenvalue weighted by molar-refractivity contribution is 9.10. The van der Waals surface area contributed by atoms with Crippen molar-refractivity contribution < 1.29 is 4.92 Å². The number of hydrogen-bond donors (Lipinski definition) is 0. The molecule has 0 N–H and O–H groups in total. The summed E-state index contributed by atoms with van der Waals surface area (Å²) < 4.78 is 2.04. The van der Waals surface area contributed by atoms with E-state index in [1.807, 2.05) is 19.9 Å². The van der Waals surface area contributed by atoms with Crippen LogP contribution < -0.4 is 0 Å². The Hall–Kier alpha value is -1.76. The SMILES string of the molecule is Cc1cc(C)n(-c2ncc(Br)cc2[N+](=O)[O-])n1. The first kappa shape index (κ1) is 11.7. The monoisotopic (exact) mass is 296 g/mol. The summed E-state index contributed by atoms with van der Waals surface area (Å²) in [4.78, 5) is 14.6. The molecular weight excluding hydrogens is 288 g/mol. The molecule has 2 aromatic heterocycles. The molecule has 0 saturated carbocycles. The van der Waals surface area contributed by atoms with Crippen LogP contribution in [0.15, 0.2) is 22.8 Å². The van der Waals surface area contributed by atoms with E-state index >= 15 is 0 Å². The Balaban J connectivity index is 2.67. The van der Waals surface area contributed by atoms with Crippen LogP contribution in [0.4, 0.5) is 5.69 Å². The molecule has 0 bridgehead atoms. The van der Waals surface area contributed by atoms with Gasteiger partial charge in [0.25, 0.3) is 0 Å². The zero-order chi connectivity index (χ0) is 12.6. The Kier molecular flexibility index (Phi) is 2.93. The van der Waals surface area contributed by atoms with E-state index in [9.17, 15) is 10.1 Å². The Morgan fingerprint density at radius 1 is 1.41 bits per heavy atom. The van der Waals surface area contributed by atoms with Crippen LogP contribution in [0.2, 0.25) is 0 Å². The van der Waals surface area contributed by atoms with Gasteiger partial charge in [-0.3, -0.25) is 10.1 Å². The number of aryl methyl sites for hydroxylation is 2. The number of nitro groups is 1. The maximum atomic E-state index is 11.0. The highest BCUT2D eigenvalue weighted by Gasteiger charge is 2.19. The molecule has 0 aromatic carbocycles. The summed E-state index contributed by atoms with van der Waals surface area (Å²) in [6.45, 7) is 3.65. The fraction of sp³-hybridized carbons (Fsp3) is 0.200. The van der Waals surface area contributed by atoms with Gasteiger partial charge >= 0.3 is 5.69 Å². The van der Waals surface area contributed by atoms with E-state index < -0.39 is 4.92 Å². The van der Waals surface area contributed by atoms with Crippen molar-refractivity contribution >= 4 is 21.6 Å². The lowest BCUT2D eigenvalue weighted by atomic mass is 10.3. The molecule has 0 aliphatic carbocycles.